The largest absolute Gasteiger partial charge is 0.377 e. The summed E-state index contributed by atoms with van der Waals surface area (Å²) in [6.07, 6.45) is 0. The third-order valence-corrected chi connectivity index (χ3v) is 5.11. The zero-order valence-electron chi connectivity index (χ0n) is 18.0. The van der Waals surface area contributed by atoms with Gasteiger partial charge in [-0.25, -0.2) is 4.39 Å². The second kappa shape index (κ2) is 9.54. The molecular formula is C23H30FN3O2. The van der Waals surface area contributed by atoms with Crippen LogP contribution in [0.1, 0.15) is 43.6 Å². The van der Waals surface area contributed by atoms with Gasteiger partial charge >= 0.3 is 0 Å². The van der Waals surface area contributed by atoms with E-state index in [1.165, 1.54) is 18.2 Å². The Labute approximate surface area is 172 Å². The van der Waals surface area contributed by atoms with Gasteiger partial charge in [-0.05, 0) is 54.8 Å². The predicted molar refractivity (Wildman–Crippen MR) is 116 cm³/mol. The molecule has 2 rings (SSSR count). The molecule has 29 heavy (non-hydrogen) atoms. The van der Waals surface area contributed by atoms with Gasteiger partial charge < -0.3 is 15.1 Å². The summed E-state index contributed by atoms with van der Waals surface area (Å²) in [5, 5.41) is 2.82. The minimum atomic E-state index is -0.457. The zero-order chi connectivity index (χ0) is 21.7. The molecule has 5 nitrogen and oxygen atoms in total. The van der Waals surface area contributed by atoms with Crippen LogP contribution >= 0.6 is 0 Å². The zero-order valence-corrected chi connectivity index (χ0v) is 18.0. The highest BCUT2D eigenvalue weighted by atomic mass is 19.1. The van der Waals surface area contributed by atoms with E-state index in [-0.39, 0.29) is 23.4 Å². The lowest BCUT2D eigenvalue weighted by Gasteiger charge is -2.32. The van der Waals surface area contributed by atoms with Crippen molar-refractivity contribution in [1.82, 2.24) is 4.90 Å². The van der Waals surface area contributed by atoms with Crippen molar-refractivity contribution in [2.24, 2.45) is 5.92 Å². The molecule has 0 bridgehead atoms. The Morgan fingerprint density at radius 3 is 2.31 bits per heavy atom. The van der Waals surface area contributed by atoms with Crippen molar-refractivity contribution in [3.8, 4) is 0 Å². The lowest BCUT2D eigenvalue weighted by Crippen LogP contribution is -2.39. The minimum absolute atomic E-state index is 0.00473. The van der Waals surface area contributed by atoms with E-state index in [1.54, 1.807) is 19.1 Å². The van der Waals surface area contributed by atoms with Gasteiger partial charge in [0.05, 0.1) is 0 Å². The van der Waals surface area contributed by atoms with Crippen LogP contribution in [0, 0.1) is 11.7 Å². The number of benzene rings is 2. The fourth-order valence-corrected chi connectivity index (χ4v) is 3.14. The number of nitrogens with one attached hydrogen (secondary N) is 1. The van der Waals surface area contributed by atoms with Crippen molar-refractivity contribution in [1.29, 1.82) is 0 Å². The molecule has 2 aromatic carbocycles. The maximum absolute atomic E-state index is 13.4. The summed E-state index contributed by atoms with van der Waals surface area (Å²) in [5.41, 5.74) is 2.74. The highest BCUT2D eigenvalue weighted by Gasteiger charge is 2.22. The van der Waals surface area contributed by atoms with Crippen molar-refractivity contribution in [3.05, 3.63) is 59.4 Å². The van der Waals surface area contributed by atoms with Gasteiger partial charge in [0, 0.05) is 50.5 Å². The van der Waals surface area contributed by atoms with Crippen LogP contribution in [0.5, 0.6) is 0 Å². The first-order valence-electron chi connectivity index (χ1n) is 9.74. The standard InChI is InChI=1S/C23H30FN3O2/c1-15(2)16(3)27(17(4)28)14-19-13-21(10-11-22(19)26(5)6)25-23(29)18-8-7-9-20(24)12-18/h7-13,15-16H,14H2,1-6H3,(H,25,29)/t16-/m0/s1. The second-order valence-electron chi connectivity index (χ2n) is 7.83. The average molecular weight is 400 g/mol. The summed E-state index contributed by atoms with van der Waals surface area (Å²) < 4.78 is 13.4. The Morgan fingerprint density at radius 2 is 1.76 bits per heavy atom. The first kappa shape index (κ1) is 22.4. The SMILES string of the molecule is CC(=O)N(Cc1cc(NC(=O)c2cccc(F)c2)ccc1N(C)C)[C@@H](C)C(C)C. The number of carbonyl (C=O) groups is 2. The topological polar surface area (TPSA) is 52.7 Å². The fourth-order valence-electron chi connectivity index (χ4n) is 3.14. The maximum Gasteiger partial charge on any atom is 0.255 e. The number of hydrogen-bond acceptors (Lipinski definition) is 3. The first-order chi connectivity index (χ1) is 13.6. The van der Waals surface area contributed by atoms with E-state index in [0.717, 1.165) is 11.3 Å². The second-order valence-corrected chi connectivity index (χ2v) is 7.83. The van der Waals surface area contributed by atoms with Gasteiger partial charge in [0.15, 0.2) is 0 Å². The smallest absolute Gasteiger partial charge is 0.255 e. The Morgan fingerprint density at radius 1 is 1.07 bits per heavy atom. The predicted octanol–water partition coefficient (Wildman–Crippen LogP) is 4.54. The van der Waals surface area contributed by atoms with Gasteiger partial charge in [0.1, 0.15) is 5.82 Å². The number of anilines is 2. The molecule has 156 valence electrons. The summed E-state index contributed by atoms with van der Waals surface area (Å²) in [5.74, 6) is -0.518. The van der Waals surface area contributed by atoms with E-state index >= 15 is 0 Å². The van der Waals surface area contributed by atoms with Gasteiger partial charge in [-0.15, -0.1) is 0 Å². The third-order valence-electron chi connectivity index (χ3n) is 5.11. The van der Waals surface area contributed by atoms with Crippen LogP contribution in [0.25, 0.3) is 0 Å². The summed E-state index contributed by atoms with van der Waals surface area (Å²) >= 11 is 0. The molecule has 1 atom stereocenters. The van der Waals surface area contributed by atoms with E-state index < -0.39 is 5.82 Å². The van der Waals surface area contributed by atoms with E-state index in [4.69, 9.17) is 0 Å². The van der Waals surface area contributed by atoms with E-state index in [1.807, 2.05) is 43.0 Å². The molecule has 0 saturated carbocycles. The van der Waals surface area contributed by atoms with Crippen LogP contribution < -0.4 is 10.2 Å². The molecule has 1 N–H and O–H groups in total. The van der Waals surface area contributed by atoms with Gasteiger partial charge in [-0.1, -0.05) is 19.9 Å². The van der Waals surface area contributed by atoms with Crippen molar-refractivity contribution >= 4 is 23.2 Å². The number of hydrogen-bond donors (Lipinski definition) is 1. The molecule has 6 heteroatoms. The Balaban J connectivity index is 2.33. The molecule has 0 radical (unpaired) electrons. The molecule has 0 aromatic heterocycles. The lowest BCUT2D eigenvalue weighted by molar-refractivity contribution is -0.132. The molecule has 0 aliphatic rings. The maximum atomic E-state index is 13.4. The van der Waals surface area contributed by atoms with E-state index in [0.29, 0.717) is 18.2 Å². The number of nitrogens with zero attached hydrogens (tertiary/aromatic N) is 2. The van der Waals surface area contributed by atoms with Gasteiger partial charge in [0.25, 0.3) is 5.91 Å². The Hall–Kier alpha value is -2.89. The quantitative estimate of drug-likeness (QED) is 0.744. The average Bonchev–Trinajstić information content (AvgIpc) is 2.65. The summed E-state index contributed by atoms with van der Waals surface area (Å²) in [4.78, 5) is 28.6. The molecule has 0 aliphatic heterocycles. The molecule has 0 heterocycles. The molecule has 0 saturated heterocycles. The Bertz CT molecular complexity index is 880. The lowest BCUT2D eigenvalue weighted by atomic mass is 10.0. The van der Waals surface area contributed by atoms with E-state index in [9.17, 15) is 14.0 Å². The highest BCUT2D eigenvalue weighted by Crippen LogP contribution is 2.26. The number of halogens is 1. The minimum Gasteiger partial charge on any atom is -0.377 e. The molecule has 0 spiro atoms. The molecular weight excluding hydrogens is 369 g/mol. The third kappa shape index (κ3) is 5.79. The number of carbonyl (C=O) groups excluding carboxylic acids is 2. The molecule has 2 amide bonds. The van der Waals surface area contributed by atoms with Crippen molar-refractivity contribution in [2.45, 2.75) is 40.3 Å². The normalized spacial score (nSPS) is 11.9. The molecule has 0 unspecified atom stereocenters. The summed E-state index contributed by atoms with van der Waals surface area (Å²) in [6, 6.07) is 11.2. The van der Waals surface area contributed by atoms with Crippen molar-refractivity contribution in [3.63, 3.8) is 0 Å². The highest BCUT2D eigenvalue weighted by molar-refractivity contribution is 6.04. The fraction of sp³-hybridized carbons (Fsp3) is 0.391. The van der Waals surface area contributed by atoms with Crippen molar-refractivity contribution in [2.75, 3.05) is 24.3 Å². The van der Waals surface area contributed by atoms with Crippen LogP contribution in [0.2, 0.25) is 0 Å². The van der Waals surface area contributed by atoms with Gasteiger partial charge in [-0.2, -0.15) is 0 Å². The molecule has 0 aliphatic carbocycles. The van der Waals surface area contributed by atoms with Crippen LogP contribution in [0.15, 0.2) is 42.5 Å². The summed E-state index contributed by atoms with van der Waals surface area (Å²) in [7, 11) is 3.88. The van der Waals surface area contributed by atoms with E-state index in [2.05, 4.69) is 19.2 Å². The first-order valence-corrected chi connectivity index (χ1v) is 9.74. The van der Waals surface area contributed by atoms with Gasteiger partial charge in [0.2, 0.25) is 5.91 Å². The number of amides is 2. The van der Waals surface area contributed by atoms with Crippen LogP contribution in [-0.2, 0) is 11.3 Å². The van der Waals surface area contributed by atoms with Crippen LogP contribution in [0.4, 0.5) is 15.8 Å². The van der Waals surface area contributed by atoms with Gasteiger partial charge in [-0.3, -0.25) is 9.59 Å². The van der Waals surface area contributed by atoms with Crippen molar-refractivity contribution < 1.29 is 14.0 Å². The Kier molecular flexibility index (Phi) is 7.37. The monoisotopic (exact) mass is 399 g/mol. The number of rotatable bonds is 7. The molecule has 2 aromatic rings. The van der Waals surface area contributed by atoms with Crippen LogP contribution in [-0.4, -0.2) is 36.9 Å². The molecule has 0 fully saturated rings. The summed E-state index contributed by atoms with van der Waals surface area (Å²) in [6.45, 7) is 8.22. The van der Waals surface area contributed by atoms with Crippen LogP contribution in [0.3, 0.4) is 0 Å².